The van der Waals surface area contributed by atoms with Crippen LogP contribution in [0.4, 0.5) is 0 Å². The van der Waals surface area contributed by atoms with Gasteiger partial charge >= 0.3 is 0 Å². The Morgan fingerprint density at radius 3 is 2.39 bits per heavy atom. The highest BCUT2D eigenvalue weighted by molar-refractivity contribution is 5.05. The minimum absolute atomic E-state index is 0.238. The molecule has 0 radical (unpaired) electrons. The molecule has 1 aliphatic carbocycles. The van der Waals surface area contributed by atoms with Gasteiger partial charge in [0.05, 0.1) is 19.8 Å². The van der Waals surface area contributed by atoms with E-state index >= 15 is 0 Å². The van der Waals surface area contributed by atoms with Gasteiger partial charge in [-0.2, -0.15) is 0 Å². The van der Waals surface area contributed by atoms with Crippen LogP contribution in [0.25, 0.3) is 0 Å². The summed E-state index contributed by atoms with van der Waals surface area (Å²) in [7, 11) is 0. The Hall–Kier alpha value is -0.160. The highest BCUT2D eigenvalue weighted by Crippen LogP contribution is 2.41. The van der Waals surface area contributed by atoms with Crippen LogP contribution in [0.2, 0.25) is 0 Å². The first-order valence-corrected chi connectivity index (χ1v) is 7.49. The van der Waals surface area contributed by atoms with Crippen molar-refractivity contribution in [3.63, 3.8) is 0 Å². The normalized spacial score (nSPS) is 34.8. The molecule has 0 amide bonds. The molecule has 0 spiro atoms. The molecule has 4 heteroatoms. The van der Waals surface area contributed by atoms with Crippen LogP contribution < -0.4 is 5.73 Å². The summed E-state index contributed by atoms with van der Waals surface area (Å²) in [6.07, 6.45) is 6.35. The maximum Gasteiger partial charge on any atom is 0.0594 e. The summed E-state index contributed by atoms with van der Waals surface area (Å²) < 4.78 is 11.0. The Labute approximate surface area is 110 Å². The van der Waals surface area contributed by atoms with E-state index in [1.165, 1.54) is 25.7 Å². The van der Waals surface area contributed by atoms with Gasteiger partial charge in [-0.05, 0) is 19.3 Å². The third-order valence-electron chi connectivity index (χ3n) is 5.20. The smallest absolute Gasteiger partial charge is 0.0594 e. The second-order valence-electron chi connectivity index (χ2n) is 6.06. The summed E-state index contributed by atoms with van der Waals surface area (Å²) >= 11 is 0. The largest absolute Gasteiger partial charge is 0.381 e. The molecule has 0 bridgehead atoms. The van der Waals surface area contributed by atoms with Crippen molar-refractivity contribution in [3.05, 3.63) is 0 Å². The van der Waals surface area contributed by atoms with Gasteiger partial charge in [-0.25, -0.2) is 0 Å². The van der Waals surface area contributed by atoms with Crippen LogP contribution in [0.1, 0.15) is 32.1 Å². The van der Waals surface area contributed by atoms with Gasteiger partial charge in [-0.1, -0.05) is 12.8 Å². The van der Waals surface area contributed by atoms with Crippen LogP contribution in [0.15, 0.2) is 0 Å². The summed E-state index contributed by atoms with van der Waals surface area (Å²) in [5.74, 6) is 0.561. The minimum Gasteiger partial charge on any atom is -0.381 e. The molecule has 104 valence electrons. The maximum absolute atomic E-state index is 6.69. The minimum atomic E-state index is 0.238. The van der Waals surface area contributed by atoms with Crippen molar-refractivity contribution in [1.82, 2.24) is 4.90 Å². The number of ether oxygens (including phenoxy) is 2. The summed E-state index contributed by atoms with van der Waals surface area (Å²) in [6.45, 7) is 5.62. The van der Waals surface area contributed by atoms with Crippen molar-refractivity contribution in [1.29, 1.82) is 0 Å². The lowest BCUT2D eigenvalue weighted by Crippen LogP contribution is -2.63. The second kappa shape index (κ2) is 5.45. The molecule has 2 atom stereocenters. The fourth-order valence-electron chi connectivity index (χ4n) is 4.13. The van der Waals surface area contributed by atoms with E-state index in [1.807, 2.05) is 0 Å². The molecule has 2 saturated heterocycles. The van der Waals surface area contributed by atoms with E-state index in [0.29, 0.717) is 5.92 Å². The molecule has 18 heavy (non-hydrogen) atoms. The third kappa shape index (κ3) is 2.20. The number of nitrogens with zero attached hydrogens (tertiary/aromatic N) is 1. The zero-order valence-corrected chi connectivity index (χ0v) is 11.3. The molecule has 0 aromatic rings. The molecule has 0 aromatic carbocycles. The maximum atomic E-state index is 6.69. The molecule has 0 aromatic heterocycles. The van der Waals surface area contributed by atoms with E-state index in [1.54, 1.807) is 0 Å². The predicted octanol–water partition coefficient (Wildman–Crippen LogP) is 0.995. The predicted molar refractivity (Wildman–Crippen MR) is 70.5 cm³/mol. The SMILES string of the molecule is NC(C1CCOC1)C1(N2CCOCC2)CCCC1. The molecule has 1 saturated carbocycles. The first kappa shape index (κ1) is 12.9. The Morgan fingerprint density at radius 1 is 1.06 bits per heavy atom. The van der Waals surface area contributed by atoms with Crippen LogP contribution in [0.5, 0.6) is 0 Å². The molecule has 3 rings (SSSR count). The van der Waals surface area contributed by atoms with Crippen molar-refractivity contribution >= 4 is 0 Å². The van der Waals surface area contributed by atoms with Crippen molar-refractivity contribution < 1.29 is 9.47 Å². The highest BCUT2D eigenvalue weighted by Gasteiger charge is 2.47. The number of rotatable bonds is 3. The van der Waals surface area contributed by atoms with Gasteiger partial charge in [-0.15, -0.1) is 0 Å². The van der Waals surface area contributed by atoms with Gasteiger partial charge in [-0.3, -0.25) is 4.90 Å². The lowest BCUT2D eigenvalue weighted by molar-refractivity contribution is -0.0387. The van der Waals surface area contributed by atoms with Gasteiger partial charge in [0.2, 0.25) is 0 Å². The van der Waals surface area contributed by atoms with E-state index in [2.05, 4.69) is 4.90 Å². The fraction of sp³-hybridized carbons (Fsp3) is 1.00. The van der Waals surface area contributed by atoms with Crippen LogP contribution in [-0.4, -0.2) is 56.0 Å². The van der Waals surface area contributed by atoms with E-state index in [0.717, 1.165) is 45.9 Å². The van der Waals surface area contributed by atoms with Gasteiger partial charge in [0.25, 0.3) is 0 Å². The number of hydrogen-bond donors (Lipinski definition) is 1. The summed E-state index contributed by atoms with van der Waals surface area (Å²) in [6, 6.07) is 0.278. The zero-order valence-electron chi connectivity index (χ0n) is 11.3. The number of hydrogen-bond acceptors (Lipinski definition) is 4. The second-order valence-corrected chi connectivity index (χ2v) is 6.06. The van der Waals surface area contributed by atoms with Crippen molar-refractivity contribution in [2.75, 3.05) is 39.5 Å². The van der Waals surface area contributed by atoms with Gasteiger partial charge < -0.3 is 15.2 Å². The van der Waals surface area contributed by atoms with E-state index in [4.69, 9.17) is 15.2 Å². The van der Waals surface area contributed by atoms with Crippen LogP contribution in [0.3, 0.4) is 0 Å². The molecule has 4 nitrogen and oxygen atoms in total. The topological polar surface area (TPSA) is 47.7 Å². The first-order chi connectivity index (χ1) is 8.83. The van der Waals surface area contributed by atoms with Crippen LogP contribution in [0, 0.1) is 5.92 Å². The Balaban J connectivity index is 1.76. The zero-order chi connectivity index (χ0) is 12.4. The molecule has 2 heterocycles. The van der Waals surface area contributed by atoms with Crippen molar-refractivity contribution in [2.45, 2.75) is 43.7 Å². The molecule has 2 unspecified atom stereocenters. The molecule has 2 N–H and O–H groups in total. The summed E-state index contributed by atoms with van der Waals surface area (Å²) in [4.78, 5) is 2.63. The highest BCUT2D eigenvalue weighted by atomic mass is 16.5. The van der Waals surface area contributed by atoms with E-state index in [9.17, 15) is 0 Å². The van der Waals surface area contributed by atoms with E-state index < -0.39 is 0 Å². The molecular weight excluding hydrogens is 228 g/mol. The fourth-order valence-corrected chi connectivity index (χ4v) is 4.13. The first-order valence-electron chi connectivity index (χ1n) is 7.49. The van der Waals surface area contributed by atoms with Crippen LogP contribution >= 0.6 is 0 Å². The van der Waals surface area contributed by atoms with Gasteiger partial charge in [0, 0.05) is 37.2 Å². The Bertz CT molecular complexity index is 267. The standard InChI is InChI=1S/C14H26N2O2/c15-13(12-3-8-18-11-12)14(4-1-2-5-14)16-6-9-17-10-7-16/h12-13H,1-11,15H2. The molecule has 3 aliphatic rings. The van der Waals surface area contributed by atoms with E-state index in [-0.39, 0.29) is 11.6 Å². The van der Waals surface area contributed by atoms with Gasteiger partial charge in [0.15, 0.2) is 0 Å². The quantitative estimate of drug-likeness (QED) is 0.816. The third-order valence-corrected chi connectivity index (χ3v) is 5.20. The Morgan fingerprint density at radius 2 is 1.78 bits per heavy atom. The molecule has 3 fully saturated rings. The average Bonchev–Trinajstić information content (AvgIpc) is 3.11. The van der Waals surface area contributed by atoms with Crippen molar-refractivity contribution in [2.24, 2.45) is 11.7 Å². The monoisotopic (exact) mass is 254 g/mol. The summed E-state index contributed by atoms with van der Waals surface area (Å²) in [5.41, 5.74) is 6.93. The van der Waals surface area contributed by atoms with Gasteiger partial charge in [0.1, 0.15) is 0 Å². The summed E-state index contributed by atoms with van der Waals surface area (Å²) in [5, 5.41) is 0. The number of nitrogens with two attached hydrogens (primary N) is 1. The van der Waals surface area contributed by atoms with Crippen LogP contribution in [-0.2, 0) is 9.47 Å². The molecular formula is C14H26N2O2. The number of morpholine rings is 1. The lowest BCUT2D eigenvalue weighted by atomic mass is 9.78. The molecule has 2 aliphatic heterocycles. The lowest BCUT2D eigenvalue weighted by Gasteiger charge is -2.48. The Kier molecular flexibility index (Phi) is 3.89. The average molecular weight is 254 g/mol. The van der Waals surface area contributed by atoms with Crippen molar-refractivity contribution in [3.8, 4) is 0 Å².